The van der Waals surface area contributed by atoms with Crippen LogP contribution in [0.25, 0.3) is 0 Å². The second-order valence-corrected chi connectivity index (χ2v) is 3.53. The zero-order valence-corrected chi connectivity index (χ0v) is 8.88. The summed E-state index contributed by atoms with van der Waals surface area (Å²) in [6.45, 7) is 1.66. The monoisotopic (exact) mass is 268 g/mol. The molecule has 0 radical (unpaired) electrons. The molecule has 0 fully saturated rings. The lowest BCUT2D eigenvalue weighted by Crippen LogP contribution is -2.56. The van der Waals surface area contributed by atoms with Crippen LogP contribution in [0.1, 0.15) is 32.6 Å². The van der Waals surface area contributed by atoms with Crippen molar-refractivity contribution < 1.29 is 35.5 Å². The van der Waals surface area contributed by atoms with E-state index in [-0.39, 0.29) is 6.42 Å². The zero-order chi connectivity index (χ0) is 13.9. The van der Waals surface area contributed by atoms with Gasteiger partial charge in [-0.2, -0.15) is 30.7 Å². The number of hydrogen-bond acceptors (Lipinski definition) is 1. The number of alkyl halides is 7. The van der Waals surface area contributed by atoms with E-state index in [1.165, 1.54) is 0 Å². The molecule has 0 atom stereocenters. The van der Waals surface area contributed by atoms with Gasteiger partial charge in [0, 0.05) is 6.42 Å². The molecule has 0 amide bonds. The highest BCUT2D eigenvalue weighted by Gasteiger charge is 2.75. The topological polar surface area (TPSA) is 17.1 Å². The lowest BCUT2D eigenvalue weighted by molar-refractivity contribution is -0.343. The average molecular weight is 268 g/mol. The highest BCUT2D eigenvalue weighted by Crippen LogP contribution is 2.47. The average Bonchev–Trinajstić information content (AvgIpc) is 2.15. The van der Waals surface area contributed by atoms with E-state index in [4.69, 9.17) is 0 Å². The van der Waals surface area contributed by atoms with Gasteiger partial charge in [-0.1, -0.05) is 19.8 Å². The Bertz CT molecular complexity index is 269. The largest absolute Gasteiger partial charge is 0.460 e. The second kappa shape index (κ2) is 5.22. The minimum atomic E-state index is -6.45. The lowest BCUT2D eigenvalue weighted by atomic mass is 10.0. The zero-order valence-electron chi connectivity index (χ0n) is 8.88. The molecule has 0 saturated carbocycles. The summed E-state index contributed by atoms with van der Waals surface area (Å²) < 4.78 is 85.2. The van der Waals surface area contributed by atoms with Crippen molar-refractivity contribution in [3.05, 3.63) is 0 Å². The summed E-state index contributed by atoms with van der Waals surface area (Å²) >= 11 is 0. The molecule has 1 nitrogen and oxygen atoms in total. The summed E-state index contributed by atoms with van der Waals surface area (Å²) in [5.74, 6) is -14.4. The second-order valence-electron chi connectivity index (χ2n) is 3.53. The molecule has 0 rings (SSSR count). The molecule has 102 valence electrons. The van der Waals surface area contributed by atoms with Crippen molar-refractivity contribution in [2.45, 2.75) is 50.6 Å². The maximum Gasteiger partial charge on any atom is 0.460 e. The number of carbonyl (C=O) groups is 1. The van der Waals surface area contributed by atoms with Crippen LogP contribution < -0.4 is 0 Å². The number of unbranched alkanes of at least 4 members (excludes halogenated alkanes) is 2. The van der Waals surface area contributed by atoms with Crippen LogP contribution in [0, 0.1) is 0 Å². The number of ketones is 1. The number of halogens is 7. The Morgan fingerprint density at radius 3 is 1.76 bits per heavy atom. The first kappa shape index (κ1) is 16.2. The van der Waals surface area contributed by atoms with Gasteiger partial charge in [0.15, 0.2) is 0 Å². The molecule has 0 bridgehead atoms. The van der Waals surface area contributed by atoms with Crippen LogP contribution in [0.4, 0.5) is 30.7 Å². The van der Waals surface area contributed by atoms with E-state index in [0.717, 1.165) is 0 Å². The van der Waals surface area contributed by atoms with Crippen molar-refractivity contribution in [1.29, 1.82) is 0 Å². The number of Topliss-reactive ketones (excluding diaryl/α,β-unsaturated/α-hetero) is 1. The maximum atomic E-state index is 12.7. The van der Waals surface area contributed by atoms with Crippen LogP contribution in [0.2, 0.25) is 0 Å². The van der Waals surface area contributed by atoms with E-state index in [9.17, 15) is 35.5 Å². The van der Waals surface area contributed by atoms with Gasteiger partial charge in [0.25, 0.3) is 0 Å². The van der Waals surface area contributed by atoms with Gasteiger partial charge in [-0.3, -0.25) is 4.79 Å². The van der Waals surface area contributed by atoms with E-state index >= 15 is 0 Å². The van der Waals surface area contributed by atoms with Gasteiger partial charge in [-0.15, -0.1) is 0 Å². The van der Waals surface area contributed by atoms with E-state index in [2.05, 4.69) is 0 Å². The summed E-state index contributed by atoms with van der Waals surface area (Å²) in [7, 11) is 0. The molecule has 0 aliphatic rings. The molecule has 0 N–H and O–H groups in total. The normalized spacial score (nSPS) is 13.9. The molecule has 0 saturated heterocycles. The molecule has 0 aliphatic heterocycles. The molecule has 8 heteroatoms. The van der Waals surface area contributed by atoms with E-state index in [0.29, 0.717) is 12.8 Å². The van der Waals surface area contributed by atoms with Crippen LogP contribution in [0.5, 0.6) is 0 Å². The molecule has 0 aromatic heterocycles. The Morgan fingerprint density at radius 2 is 1.41 bits per heavy atom. The Labute approximate surface area is 93.0 Å². The molecule has 17 heavy (non-hydrogen) atoms. The van der Waals surface area contributed by atoms with Crippen molar-refractivity contribution >= 4 is 5.78 Å². The summed E-state index contributed by atoms with van der Waals surface area (Å²) in [6, 6.07) is 0. The fraction of sp³-hybridized carbons (Fsp3) is 0.889. The first-order chi connectivity index (χ1) is 7.48. The maximum absolute atomic E-state index is 12.7. The van der Waals surface area contributed by atoms with Crippen LogP contribution in [0.3, 0.4) is 0 Å². The predicted molar refractivity (Wildman–Crippen MR) is 45.1 cm³/mol. The minimum Gasteiger partial charge on any atom is -0.293 e. The lowest BCUT2D eigenvalue weighted by Gasteiger charge is -2.26. The van der Waals surface area contributed by atoms with Crippen molar-refractivity contribution in [2.24, 2.45) is 0 Å². The van der Waals surface area contributed by atoms with Crippen LogP contribution >= 0.6 is 0 Å². The molecule has 0 heterocycles. The first-order valence-corrected chi connectivity index (χ1v) is 4.84. The molecule has 0 aromatic carbocycles. The van der Waals surface area contributed by atoms with Crippen molar-refractivity contribution in [1.82, 2.24) is 0 Å². The van der Waals surface area contributed by atoms with Crippen LogP contribution in [-0.4, -0.2) is 23.8 Å². The molecule has 0 aromatic rings. The van der Waals surface area contributed by atoms with Gasteiger partial charge in [0.05, 0.1) is 0 Å². The third-order valence-corrected chi connectivity index (χ3v) is 2.11. The van der Waals surface area contributed by atoms with Crippen molar-refractivity contribution in [2.75, 3.05) is 0 Å². The molecular weight excluding hydrogens is 257 g/mol. The predicted octanol–water partition coefficient (Wildman–Crippen LogP) is 3.97. The number of rotatable bonds is 6. The van der Waals surface area contributed by atoms with Crippen LogP contribution in [0.15, 0.2) is 0 Å². The fourth-order valence-corrected chi connectivity index (χ4v) is 1.05. The molecular formula is C9H11F7O. The van der Waals surface area contributed by atoms with Crippen molar-refractivity contribution in [3.8, 4) is 0 Å². The summed E-state index contributed by atoms with van der Waals surface area (Å²) in [5, 5.41) is 0. The van der Waals surface area contributed by atoms with Gasteiger partial charge in [0.2, 0.25) is 5.78 Å². The molecule has 0 aliphatic carbocycles. The number of carbonyl (C=O) groups excluding carboxylic acids is 1. The smallest absolute Gasteiger partial charge is 0.293 e. The Morgan fingerprint density at radius 1 is 0.941 bits per heavy atom. The molecule has 0 spiro atoms. The quantitative estimate of drug-likeness (QED) is 0.526. The Kier molecular flexibility index (Phi) is 4.97. The standard InChI is InChI=1S/C9H11F7O/c1-2-3-4-5-6(17)7(10,11)8(12,13)9(14,15)16/h2-5H2,1H3. The van der Waals surface area contributed by atoms with Gasteiger partial charge in [-0.25, -0.2) is 0 Å². The number of hydrogen-bond donors (Lipinski definition) is 0. The summed E-state index contributed by atoms with van der Waals surface area (Å²) in [6.07, 6.45) is -6.75. The van der Waals surface area contributed by atoms with E-state index < -0.39 is 30.2 Å². The van der Waals surface area contributed by atoms with E-state index in [1.807, 2.05) is 0 Å². The third-order valence-electron chi connectivity index (χ3n) is 2.11. The first-order valence-electron chi connectivity index (χ1n) is 4.84. The summed E-state index contributed by atoms with van der Waals surface area (Å²) in [5.41, 5.74) is 0. The highest BCUT2D eigenvalue weighted by molar-refractivity contribution is 5.86. The fourth-order valence-electron chi connectivity index (χ4n) is 1.05. The molecule has 0 unspecified atom stereocenters. The van der Waals surface area contributed by atoms with Gasteiger partial charge in [-0.05, 0) is 6.42 Å². The SMILES string of the molecule is CCCCCC(=O)C(F)(F)C(F)(F)C(F)(F)F. The van der Waals surface area contributed by atoms with Gasteiger partial charge >= 0.3 is 18.0 Å². The van der Waals surface area contributed by atoms with Gasteiger partial charge < -0.3 is 0 Å². The van der Waals surface area contributed by atoms with E-state index in [1.54, 1.807) is 6.92 Å². The Hall–Kier alpha value is -0.820. The van der Waals surface area contributed by atoms with Crippen molar-refractivity contribution in [3.63, 3.8) is 0 Å². The summed E-state index contributed by atoms with van der Waals surface area (Å²) in [4.78, 5) is 10.7. The van der Waals surface area contributed by atoms with Gasteiger partial charge in [0.1, 0.15) is 0 Å². The Balaban J connectivity index is 4.82. The highest BCUT2D eigenvalue weighted by atomic mass is 19.4. The minimum absolute atomic E-state index is 0.140. The third kappa shape index (κ3) is 3.32. The van der Waals surface area contributed by atoms with Crippen LogP contribution in [-0.2, 0) is 4.79 Å².